The number of rotatable bonds is 6. The number of ether oxygens (including phenoxy) is 1. The maximum absolute atomic E-state index is 15.3. The van der Waals surface area contributed by atoms with Crippen LogP contribution in [0.1, 0.15) is 6.92 Å². The third kappa shape index (κ3) is 4.79. The number of halogens is 1. The summed E-state index contributed by atoms with van der Waals surface area (Å²) in [4.78, 5) is 51.4. The fraction of sp³-hybridized carbons (Fsp3) is 0.360. The molecule has 2 aromatic carbocycles. The van der Waals surface area contributed by atoms with Crippen LogP contribution in [0.5, 0.6) is 0 Å². The van der Waals surface area contributed by atoms with Gasteiger partial charge in [0.25, 0.3) is 5.56 Å². The number of aromatic nitrogens is 2. The maximum Gasteiger partial charge on any atom is 0.414 e. The van der Waals surface area contributed by atoms with Gasteiger partial charge in [0.15, 0.2) is 0 Å². The zero-order valence-electron chi connectivity index (χ0n) is 20.8. The Morgan fingerprint density at radius 3 is 2.55 bits per heavy atom. The molecule has 1 aromatic heterocycles. The second-order valence-corrected chi connectivity index (χ2v) is 9.21. The molecule has 0 saturated carbocycles. The number of amides is 3. The van der Waals surface area contributed by atoms with Crippen molar-refractivity contribution in [3.8, 4) is 0 Å². The highest BCUT2D eigenvalue weighted by molar-refractivity contribution is 5.94. The lowest BCUT2D eigenvalue weighted by molar-refractivity contribution is -0.119. The average Bonchev–Trinajstić information content (AvgIpc) is 3.29. The quantitative estimate of drug-likeness (QED) is 0.432. The van der Waals surface area contributed by atoms with Gasteiger partial charge in [0.1, 0.15) is 11.9 Å². The van der Waals surface area contributed by atoms with Crippen molar-refractivity contribution in [2.24, 2.45) is 5.73 Å². The van der Waals surface area contributed by atoms with E-state index in [1.807, 2.05) is 9.58 Å². The molecule has 200 valence electrons. The summed E-state index contributed by atoms with van der Waals surface area (Å²) in [5.41, 5.74) is 7.11. The second-order valence-electron chi connectivity index (χ2n) is 9.21. The van der Waals surface area contributed by atoms with Crippen LogP contribution in [-0.2, 0) is 27.4 Å². The number of anilines is 3. The maximum atomic E-state index is 15.3. The van der Waals surface area contributed by atoms with Gasteiger partial charge in [-0.25, -0.2) is 13.9 Å². The van der Waals surface area contributed by atoms with Gasteiger partial charge in [0, 0.05) is 25.7 Å². The third-order valence-electron chi connectivity index (χ3n) is 6.70. The first-order valence-electron chi connectivity index (χ1n) is 12.3. The highest BCUT2D eigenvalue weighted by Gasteiger charge is 2.33. The summed E-state index contributed by atoms with van der Waals surface area (Å²) in [5, 5.41) is 5.75. The van der Waals surface area contributed by atoms with Gasteiger partial charge >= 0.3 is 6.09 Å². The smallest absolute Gasteiger partial charge is 0.414 e. The van der Waals surface area contributed by atoms with Crippen molar-refractivity contribution in [1.82, 2.24) is 14.7 Å². The molecule has 5 rings (SSSR count). The largest absolute Gasteiger partial charge is 0.442 e. The molecule has 0 radical (unpaired) electrons. The summed E-state index contributed by atoms with van der Waals surface area (Å²) in [6.07, 6.45) is -1.12. The van der Waals surface area contributed by atoms with E-state index in [1.165, 1.54) is 17.9 Å². The highest BCUT2D eigenvalue weighted by atomic mass is 19.1. The van der Waals surface area contributed by atoms with E-state index in [9.17, 15) is 19.2 Å². The van der Waals surface area contributed by atoms with Crippen LogP contribution in [0.2, 0.25) is 0 Å². The number of carbonyl (C=O) groups is 3. The number of cyclic esters (lactones) is 1. The molecule has 12 nitrogen and oxygen atoms in total. The summed E-state index contributed by atoms with van der Waals surface area (Å²) in [6, 6.07) is 9.70. The molecule has 1 atom stereocenters. The summed E-state index contributed by atoms with van der Waals surface area (Å²) >= 11 is 0. The van der Waals surface area contributed by atoms with Gasteiger partial charge in [-0.15, -0.1) is 0 Å². The van der Waals surface area contributed by atoms with Crippen LogP contribution >= 0.6 is 0 Å². The third-order valence-corrected chi connectivity index (χ3v) is 6.70. The van der Waals surface area contributed by atoms with Crippen LogP contribution in [0, 0.1) is 5.82 Å². The summed E-state index contributed by atoms with van der Waals surface area (Å²) < 4.78 is 24.0. The number of carbonyl (C=O) groups excluding carboxylic acids is 3. The van der Waals surface area contributed by atoms with E-state index in [1.54, 1.807) is 35.0 Å². The molecule has 1 saturated heterocycles. The van der Waals surface area contributed by atoms with E-state index in [2.05, 4.69) is 10.6 Å². The van der Waals surface area contributed by atoms with E-state index in [0.717, 1.165) is 5.52 Å². The molecule has 2 aliphatic rings. The first-order valence-corrected chi connectivity index (χ1v) is 12.3. The minimum atomic E-state index is -0.598. The number of hydrogen-bond donors (Lipinski definition) is 3. The summed E-state index contributed by atoms with van der Waals surface area (Å²) in [7, 11) is 0. The minimum absolute atomic E-state index is 0.155. The number of benzene rings is 2. The van der Waals surface area contributed by atoms with E-state index < -0.39 is 18.0 Å². The van der Waals surface area contributed by atoms with Gasteiger partial charge < -0.3 is 26.0 Å². The molecule has 0 aliphatic carbocycles. The van der Waals surface area contributed by atoms with Crippen molar-refractivity contribution in [1.29, 1.82) is 0 Å². The minimum Gasteiger partial charge on any atom is -0.442 e. The van der Waals surface area contributed by atoms with Gasteiger partial charge in [-0.05, 0) is 36.4 Å². The number of nitrogens with two attached hydrogens (primary N) is 1. The predicted octanol–water partition coefficient (Wildman–Crippen LogP) is 0.821. The van der Waals surface area contributed by atoms with Crippen LogP contribution in [0.15, 0.2) is 41.2 Å². The van der Waals surface area contributed by atoms with Crippen LogP contribution in [0.4, 0.5) is 26.2 Å². The highest BCUT2D eigenvalue weighted by Crippen LogP contribution is 2.29. The Bertz CT molecular complexity index is 1480. The van der Waals surface area contributed by atoms with Crippen LogP contribution in [0.3, 0.4) is 0 Å². The number of nitrogens with zero attached hydrogens (tertiary/aromatic N) is 4. The average molecular weight is 526 g/mol. The van der Waals surface area contributed by atoms with Gasteiger partial charge in [-0.1, -0.05) is 0 Å². The summed E-state index contributed by atoms with van der Waals surface area (Å²) in [5.74, 6) is -1.07. The molecule has 0 bridgehead atoms. The standard InChI is InChI=1S/C25H28FN7O5/c1-15(34)28-13-18-14-31(25(37)38-18)17-3-5-22(20(26)11-17)30-6-8-32-21-4-2-16(29-23(35)12-27)10-19(21)24(36)33(32)9-7-30/h2-5,10-11,18H,6-9,12-14,27H2,1H3,(H,28,34)(H,29,35)/t18-/m0/s1. The Morgan fingerprint density at radius 2 is 1.84 bits per heavy atom. The second kappa shape index (κ2) is 10.2. The van der Waals surface area contributed by atoms with Gasteiger partial charge in [0.05, 0.1) is 55.0 Å². The van der Waals surface area contributed by atoms with Crippen molar-refractivity contribution in [2.45, 2.75) is 26.1 Å². The van der Waals surface area contributed by atoms with Crippen molar-refractivity contribution in [3.63, 3.8) is 0 Å². The Morgan fingerprint density at radius 1 is 1.08 bits per heavy atom. The molecule has 3 amide bonds. The molecule has 0 unspecified atom stereocenters. The monoisotopic (exact) mass is 525 g/mol. The Labute approximate surface area is 216 Å². The Balaban J connectivity index is 1.31. The molecule has 2 aliphatic heterocycles. The predicted molar refractivity (Wildman–Crippen MR) is 139 cm³/mol. The molecule has 3 heterocycles. The van der Waals surface area contributed by atoms with E-state index in [0.29, 0.717) is 48.6 Å². The van der Waals surface area contributed by atoms with E-state index in [4.69, 9.17) is 10.5 Å². The van der Waals surface area contributed by atoms with E-state index in [-0.39, 0.29) is 37.0 Å². The SMILES string of the molecule is CC(=O)NC[C@H]1CN(c2ccc(N3CCn4c(=O)c5cc(NC(=O)CN)ccc5n4CC3)c(F)c2)C(=O)O1. The molecule has 3 aromatic rings. The van der Waals surface area contributed by atoms with Crippen molar-refractivity contribution in [2.75, 3.05) is 47.8 Å². The number of hydrogen-bond acceptors (Lipinski definition) is 7. The lowest BCUT2D eigenvalue weighted by Crippen LogP contribution is -2.33. The Kier molecular flexibility index (Phi) is 6.76. The molecule has 13 heteroatoms. The van der Waals surface area contributed by atoms with Crippen LogP contribution in [0.25, 0.3) is 10.9 Å². The van der Waals surface area contributed by atoms with Crippen LogP contribution in [-0.4, -0.2) is 66.1 Å². The first kappa shape index (κ1) is 25.3. The van der Waals surface area contributed by atoms with E-state index >= 15 is 4.39 Å². The molecule has 1 fully saturated rings. The van der Waals surface area contributed by atoms with Crippen molar-refractivity contribution in [3.05, 3.63) is 52.6 Å². The molecule has 38 heavy (non-hydrogen) atoms. The Hall–Kier alpha value is -4.39. The van der Waals surface area contributed by atoms with Crippen molar-refractivity contribution < 1.29 is 23.5 Å². The molecule has 0 spiro atoms. The molecular weight excluding hydrogens is 497 g/mol. The topological polar surface area (TPSA) is 144 Å². The van der Waals surface area contributed by atoms with Gasteiger partial charge in [-0.2, -0.15) is 0 Å². The molecular formula is C25H28FN7O5. The van der Waals surface area contributed by atoms with Gasteiger partial charge in [0.2, 0.25) is 11.8 Å². The summed E-state index contributed by atoms with van der Waals surface area (Å²) in [6.45, 7) is 3.24. The van der Waals surface area contributed by atoms with Gasteiger partial charge in [-0.3, -0.25) is 24.0 Å². The molecule has 4 N–H and O–H groups in total. The van der Waals surface area contributed by atoms with Crippen LogP contribution < -0.4 is 31.7 Å². The lowest BCUT2D eigenvalue weighted by atomic mass is 10.2. The zero-order chi connectivity index (χ0) is 27.0. The first-order chi connectivity index (χ1) is 18.2. The number of fused-ring (bicyclic) bond motifs is 3. The van der Waals surface area contributed by atoms with Crippen molar-refractivity contribution >= 4 is 45.9 Å². The fourth-order valence-electron chi connectivity index (χ4n) is 4.86. The fourth-order valence-corrected chi connectivity index (χ4v) is 4.86. The number of nitrogens with one attached hydrogen (secondary N) is 2. The normalized spacial score (nSPS) is 17.2. The lowest BCUT2D eigenvalue weighted by Gasteiger charge is -2.24. The zero-order valence-corrected chi connectivity index (χ0v) is 20.8.